The SMILES string of the molecule is CCc1ccc(C(=O)N(C)CCc2ccncc2)o1. The molecule has 100 valence electrons. The van der Waals surface area contributed by atoms with E-state index in [1.165, 1.54) is 5.56 Å². The van der Waals surface area contributed by atoms with Gasteiger partial charge in [-0.05, 0) is 36.2 Å². The summed E-state index contributed by atoms with van der Waals surface area (Å²) >= 11 is 0. The third-order valence-corrected chi connectivity index (χ3v) is 3.05. The Balaban J connectivity index is 1.92. The van der Waals surface area contributed by atoms with Crippen molar-refractivity contribution in [1.29, 1.82) is 0 Å². The number of aryl methyl sites for hydroxylation is 1. The molecule has 0 saturated heterocycles. The molecule has 1 amide bonds. The number of carbonyl (C=O) groups is 1. The quantitative estimate of drug-likeness (QED) is 0.828. The van der Waals surface area contributed by atoms with Gasteiger partial charge in [-0.1, -0.05) is 6.92 Å². The smallest absolute Gasteiger partial charge is 0.289 e. The number of aromatic nitrogens is 1. The molecule has 0 atom stereocenters. The normalized spacial score (nSPS) is 10.4. The predicted molar refractivity (Wildman–Crippen MR) is 73.0 cm³/mol. The molecule has 2 heterocycles. The van der Waals surface area contributed by atoms with E-state index in [2.05, 4.69) is 4.98 Å². The molecule has 2 aromatic heterocycles. The first-order valence-corrected chi connectivity index (χ1v) is 6.43. The Hall–Kier alpha value is -2.10. The molecule has 0 aromatic carbocycles. The number of hydrogen-bond acceptors (Lipinski definition) is 3. The number of nitrogens with zero attached hydrogens (tertiary/aromatic N) is 2. The second-order valence-corrected chi connectivity index (χ2v) is 4.45. The van der Waals surface area contributed by atoms with Crippen LogP contribution >= 0.6 is 0 Å². The summed E-state index contributed by atoms with van der Waals surface area (Å²) in [4.78, 5) is 17.8. The number of rotatable bonds is 5. The Kier molecular flexibility index (Phi) is 4.34. The summed E-state index contributed by atoms with van der Waals surface area (Å²) in [5.74, 6) is 1.17. The van der Waals surface area contributed by atoms with Crippen molar-refractivity contribution in [3.05, 3.63) is 53.7 Å². The molecular weight excluding hydrogens is 240 g/mol. The number of furan rings is 1. The molecule has 0 unspecified atom stereocenters. The first-order valence-electron chi connectivity index (χ1n) is 6.43. The lowest BCUT2D eigenvalue weighted by Crippen LogP contribution is -2.28. The topological polar surface area (TPSA) is 46.3 Å². The highest BCUT2D eigenvalue weighted by Gasteiger charge is 2.15. The molecule has 0 aliphatic heterocycles. The Morgan fingerprint density at radius 2 is 2.00 bits per heavy atom. The Bertz CT molecular complexity index is 534. The number of likely N-dealkylation sites (N-methyl/N-ethyl adjacent to an activating group) is 1. The summed E-state index contributed by atoms with van der Waals surface area (Å²) in [6.07, 6.45) is 5.13. The van der Waals surface area contributed by atoms with Crippen molar-refractivity contribution in [2.75, 3.05) is 13.6 Å². The first-order chi connectivity index (χ1) is 9.20. The Morgan fingerprint density at radius 3 is 2.63 bits per heavy atom. The first kappa shape index (κ1) is 13.3. The molecule has 2 aromatic rings. The van der Waals surface area contributed by atoms with Gasteiger partial charge >= 0.3 is 0 Å². The van der Waals surface area contributed by atoms with Crippen molar-refractivity contribution < 1.29 is 9.21 Å². The van der Waals surface area contributed by atoms with Crippen LogP contribution in [0.1, 0.15) is 28.8 Å². The van der Waals surface area contributed by atoms with Crippen LogP contribution in [0.5, 0.6) is 0 Å². The molecule has 0 fully saturated rings. The number of pyridine rings is 1. The summed E-state index contributed by atoms with van der Waals surface area (Å²) in [6, 6.07) is 7.51. The van der Waals surface area contributed by atoms with Crippen LogP contribution in [0.25, 0.3) is 0 Å². The fraction of sp³-hybridized carbons (Fsp3) is 0.333. The fourth-order valence-corrected chi connectivity index (χ4v) is 1.82. The standard InChI is InChI=1S/C15H18N2O2/c1-3-13-4-5-14(19-13)15(18)17(2)11-8-12-6-9-16-10-7-12/h4-7,9-10H,3,8,11H2,1-2H3. The second-order valence-electron chi connectivity index (χ2n) is 4.45. The number of amides is 1. The lowest BCUT2D eigenvalue weighted by atomic mass is 10.2. The van der Waals surface area contributed by atoms with Crippen LogP contribution in [0.3, 0.4) is 0 Å². The fourth-order valence-electron chi connectivity index (χ4n) is 1.82. The maximum Gasteiger partial charge on any atom is 0.289 e. The monoisotopic (exact) mass is 258 g/mol. The van der Waals surface area contributed by atoms with Crippen molar-refractivity contribution in [2.24, 2.45) is 0 Å². The minimum absolute atomic E-state index is 0.0752. The molecule has 0 spiro atoms. The van der Waals surface area contributed by atoms with Gasteiger partial charge in [-0.15, -0.1) is 0 Å². The molecule has 0 saturated carbocycles. The van der Waals surface area contributed by atoms with E-state index in [4.69, 9.17) is 4.42 Å². The maximum atomic E-state index is 12.1. The highest BCUT2D eigenvalue weighted by molar-refractivity contribution is 5.91. The van der Waals surface area contributed by atoms with Crippen LogP contribution in [0.4, 0.5) is 0 Å². The van der Waals surface area contributed by atoms with E-state index in [0.29, 0.717) is 12.3 Å². The minimum atomic E-state index is -0.0752. The van der Waals surface area contributed by atoms with Crippen molar-refractivity contribution in [2.45, 2.75) is 19.8 Å². The van der Waals surface area contributed by atoms with Crippen molar-refractivity contribution in [3.8, 4) is 0 Å². The molecule has 0 bridgehead atoms. The zero-order chi connectivity index (χ0) is 13.7. The van der Waals surface area contributed by atoms with Gasteiger partial charge in [-0.25, -0.2) is 0 Å². The van der Waals surface area contributed by atoms with Crippen LogP contribution in [-0.4, -0.2) is 29.4 Å². The van der Waals surface area contributed by atoms with Crippen LogP contribution < -0.4 is 0 Å². The van der Waals surface area contributed by atoms with Crippen LogP contribution in [0, 0.1) is 0 Å². The summed E-state index contributed by atoms with van der Waals surface area (Å²) in [7, 11) is 1.79. The molecule has 0 radical (unpaired) electrons. The molecule has 0 aliphatic carbocycles. The second kappa shape index (κ2) is 6.18. The molecule has 4 heteroatoms. The summed E-state index contributed by atoms with van der Waals surface area (Å²) in [5.41, 5.74) is 1.17. The highest BCUT2D eigenvalue weighted by Crippen LogP contribution is 2.11. The van der Waals surface area contributed by atoms with Gasteiger partial charge in [0.1, 0.15) is 5.76 Å². The van der Waals surface area contributed by atoms with Gasteiger partial charge in [0.15, 0.2) is 5.76 Å². The molecule has 19 heavy (non-hydrogen) atoms. The van der Waals surface area contributed by atoms with E-state index >= 15 is 0 Å². The molecule has 2 rings (SSSR count). The average Bonchev–Trinajstić information content (AvgIpc) is 2.94. The van der Waals surface area contributed by atoms with E-state index in [1.807, 2.05) is 25.1 Å². The van der Waals surface area contributed by atoms with E-state index in [0.717, 1.165) is 18.6 Å². The van der Waals surface area contributed by atoms with Gasteiger partial charge in [0.25, 0.3) is 5.91 Å². The van der Waals surface area contributed by atoms with Crippen molar-refractivity contribution >= 4 is 5.91 Å². The third-order valence-electron chi connectivity index (χ3n) is 3.05. The Labute approximate surface area is 113 Å². The van der Waals surface area contributed by atoms with E-state index in [-0.39, 0.29) is 5.91 Å². The summed E-state index contributed by atoms with van der Waals surface area (Å²) in [5, 5.41) is 0. The van der Waals surface area contributed by atoms with Gasteiger partial charge in [0, 0.05) is 32.4 Å². The van der Waals surface area contributed by atoms with E-state index < -0.39 is 0 Å². The van der Waals surface area contributed by atoms with E-state index in [1.54, 1.807) is 30.4 Å². The lowest BCUT2D eigenvalue weighted by molar-refractivity contribution is 0.0763. The van der Waals surface area contributed by atoms with E-state index in [9.17, 15) is 4.79 Å². The van der Waals surface area contributed by atoms with Crippen LogP contribution in [0.2, 0.25) is 0 Å². The molecule has 4 nitrogen and oxygen atoms in total. The predicted octanol–water partition coefficient (Wildman–Crippen LogP) is 2.55. The van der Waals surface area contributed by atoms with Crippen LogP contribution in [0.15, 0.2) is 41.1 Å². The van der Waals surface area contributed by atoms with Gasteiger partial charge < -0.3 is 9.32 Å². The molecular formula is C15H18N2O2. The van der Waals surface area contributed by atoms with Gasteiger partial charge in [-0.3, -0.25) is 9.78 Å². The van der Waals surface area contributed by atoms with Crippen LogP contribution in [-0.2, 0) is 12.8 Å². The maximum absolute atomic E-state index is 12.1. The zero-order valence-electron chi connectivity index (χ0n) is 11.3. The highest BCUT2D eigenvalue weighted by atomic mass is 16.4. The summed E-state index contributed by atoms with van der Waals surface area (Å²) in [6.45, 7) is 2.66. The number of carbonyl (C=O) groups excluding carboxylic acids is 1. The average molecular weight is 258 g/mol. The van der Waals surface area contributed by atoms with Gasteiger partial charge in [0.05, 0.1) is 0 Å². The zero-order valence-corrected chi connectivity index (χ0v) is 11.3. The van der Waals surface area contributed by atoms with Crippen molar-refractivity contribution in [1.82, 2.24) is 9.88 Å². The summed E-state index contributed by atoms with van der Waals surface area (Å²) < 4.78 is 5.47. The van der Waals surface area contributed by atoms with Gasteiger partial charge in [0.2, 0.25) is 0 Å². The lowest BCUT2D eigenvalue weighted by Gasteiger charge is -2.15. The molecule has 0 N–H and O–H groups in total. The minimum Gasteiger partial charge on any atom is -0.456 e. The molecule has 0 aliphatic rings. The number of hydrogen-bond donors (Lipinski definition) is 0. The Morgan fingerprint density at radius 1 is 1.26 bits per heavy atom. The largest absolute Gasteiger partial charge is 0.456 e. The third kappa shape index (κ3) is 3.44. The van der Waals surface area contributed by atoms with Gasteiger partial charge in [-0.2, -0.15) is 0 Å². The van der Waals surface area contributed by atoms with Crippen molar-refractivity contribution in [3.63, 3.8) is 0 Å².